The second-order valence-electron chi connectivity index (χ2n) is 4.99. The molecule has 3 heteroatoms. The number of benzene rings is 1. The lowest BCUT2D eigenvalue weighted by Gasteiger charge is -2.19. The maximum Gasteiger partial charge on any atom is 0.151 e. The van der Waals surface area contributed by atoms with Crippen LogP contribution < -0.4 is 0 Å². The fourth-order valence-corrected chi connectivity index (χ4v) is 2.68. The highest BCUT2D eigenvalue weighted by Crippen LogP contribution is 2.39. The predicted octanol–water partition coefficient (Wildman–Crippen LogP) is 3.53. The van der Waals surface area contributed by atoms with Crippen LogP contribution in [0.2, 0.25) is 0 Å². The number of imidazole rings is 1. The van der Waals surface area contributed by atoms with Gasteiger partial charge in [0.05, 0.1) is 5.52 Å². The summed E-state index contributed by atoms with van der Waals surface area (Å²) in [6.45, 7) is 2.22. The smallest absolute Gasteiger partial charge is 0.151 e. The number of para-hydroxylation sites is 1. The van der Waals surface area contributed by atoms with Crippen molar-refractivity contribution in [2.75, 3.05) is 0 Å². The van der Waals surface area contributed by atoms with Gasteiger partial charge in [-0.1, -0.05) is 25.8 Å². The van der Waals surface area contributed by atoms with Gasteiger partial charge in [0.2, 0.25) is 0 Å². The molecule has 0 unspecified atom stereocenters. The molecule has 1 heterocycles. The minimum absolute atomic E-state index is 0.117. The van der Waals surface area contributed by atoms with Gasteiger partial charge < -0.3 is 4.98 Å². The average Bonchev–Trinajstić information content (AvgIpc) is 2.85. The van der Waals surface area contributed by atoms with Crippen molar-refractivity contribution in [3.63, 3.8) is 0 Å². The van der Waals surface area contributed by atoms with Crippen molar-refractivity contribution in [2.45, 2.75) is 38.0 Å². The predicted molar refractivity (Wildman–Crippen MR) is 61.9 cm³/mol. The lowest BCUT2D eigenvalue weighted by Crippen LogP contribution is -2.18. The number of nitrogens with one attached hydrogen (secondary N) is 1. The molecular formula is C13H15FN2. The zero-order valence-electron chi connectivity index (χ0n) is 9.39. The maximum atomic E-state index is 13.5. The van der Waals surface area contributed by atoms with Crippen LogP contribution in [0.25, 0.3) is 11.0 Å². The normalized spacial score (nSPS) is 19.4. The first kappa shape index (κ1) is 9.82. The van der Waals surface area contributed by atoms with E-state index in [1.807, 2.05) is 6.07 Å². The molecule has 1 aromatic carbocycles. The lowest BCUT2D eigenvalue weighted by molar-refractivity contribution is 0.464. The Bertz CT molecular complexity index is 524. The zero-order chi connectivity index (χ0) is 11.2. The minimum atomic E-state index is -0.235. The second-order valence-corrected chi connectivity index (χ2v) is 4.99. The fourth-order valence-electron chi connectivity index (χ4n) is 2.68. The minimum Gasteiger partial charge on any atom is -0.341 e. The molecule has 1 saturated carbocycles. The van der Waals surface area contributed by atoms with Gasteiger partial charge in [-0.15, -0.1) is 0 Å². The van der Waals surface area contributed by atoms with E-state index in [4.69, 9.17) is 0 Å². The number of hydrogen-bond donors (Lipinski definition) is 1. The van der Waals surface area contributed by atoms with Gasteiger partial charge in [-0.2, -0.15) is 0 Å². The van der Waals surface area contributed by atoms with Crippen molar-refractivity contribution >= 4 is 11.0 Å². The SMILES string of the molecule is CC1(c2nc3c(F)cccc3[nH]2)CCCC1. The van der Waals surface area contributed by atoms with Crippen LogP contribution in [-0.4, -0.2) is 9.97 Å². The third-order valence-corrected chi connectivity index (χ3v) is 3.74. The van der Waals surface area contributed by atoms with Crippen LogP contribution in [0.4, 0.5) is 4.39 Å². The highest BCUT2D eigenvalue weighted by molar-refractivity contribution is 5.75. The van der Waals surface area contributed by atoms with Crippen LogP contribution in [0.5, 0.6) is 0 Å². The first-order chi connectivity index (χ1) is 7.69. The van der Waals surface area contributed by atoms with E-state index < -0.39 is 0 Å². The van der Waals surface area contributed by atoms with Gasteiger partial charge in [-0.05, 0) is 25.0 Å². The first-order valence-corrected chi connectivity index (χ1v) is 5.84. The molecule has 0 saturated heterocycles. The molecule has 0 bridgehead atoms. The number of halogens is 1. The highest BCUT2D eigenvalue weighted by atomic mass is 19.1. The number of aromatic nitrogens is 2. The Morgan fingerprint density at radius 1 is 1.31 bits per heavy atom. The summed E-state index contributed by atoms with van der Waals surface area (Å²) in [7, 11) is 0. The summed E-state index contributed by atoms with van der Waals surface area (Å²) in [6, 6.07) is 5.06. The van der Waals surface area contributed by atoms with E-state index in [1.54, 1.807) is 6.07 Å². The maximum absolute atomic E-state index is 13.5. The second kappa shape index (κ2) is 3.30. The van der Waals surface area contributed by atoms with E-state index in [1.165, 1.54) is 18.9 Å². The molecule has 16 heavy (non-hydrogen) atoms. The third-order valence-electron chi connectivity index (χ3n) is 3.74. The van der Waals surface area contributed by atoms with E-state index >= 15 is 0 Å². The van der Waals surface area contributed by atoms with Crippen LogP contribution in [0.15, 0.2) is 18.2 Å². The van der Waals surface area contributed by atoms with Crippen molar-refractivity contribution in [2.24, 2.45) is 0 Å². The first-order valence-electron chi connectivity index (χ1n) is 5.84. The summed E-state index contributed by atoms with van der Waals surface area (Å²) < 4.78 is 13.5. The molecule has 0 amide bonds. The standard InChI is InChI=1S/C13H15FN2/c1-13(7-2-3-8-13)12-15-10-6-4-5-9(14)11(10)16-12/h4-6H,2-3,7-8H2,1H3,(H,15,16). The Labute approximate surface area is 93.9 Å². The molecule has 1 N–H and O–H groups in total. The fraction of sp³-hybridized carbons (Fsp3) is 0.462. The van der Waals surface area contributed by atoms with E-state index in [2.05, 4.69) is 16.9 Å². The van der Waals surface area contributed by atoms with Crippen LogP contribution in [0, 0.1) is 5.82 Å². The van der Waals surface area contributed by atoms with E-state index in [0.29, 0.717) is 5.52 Å². The monoisotopic (exact) mass is 218 g/mol. The third kappa shape index (κ3) is 1.34. The average molecular weight is 218 g/mol. The van der Waals surface area contributed by atoms with Gasteiger partial charge in [0.15, 0.2) is 5.82 Å². The number of H-pyrrole nitrogens is 1. The Balaban J connectivity index is 2.15. The van der Waals surface area contributed by atoms with Crippen molar-refractivity contribution in [3.05, 3.63) is 29.8 Å². The van der Waals surface area contributed by atoms with Gasteiger partial charge in [-0.25, -0.2) is 9.37 Å². The highest BCUT2D eigenvalue weighted by Gasteiger charge is 2.33. The van der Waals surface area contributed by atoms with Crippen LogP contribution >= 0.6 is 0 Å². The van der Waals surface area contributed by atoms with Crippen LogP contribution in [-0.2, 0) is 5.41 Å². The topological polar surface area (TPSA) is 28.7 Å². The number of hydrogen-bond acceptors (Lipinski definition) is 1. The summed E-state index contributed by atoms with van der Waals surface area (Å²) in [6.07, 6.45) is 4.79. The number of nitrogens with zero attached hydrogens (tertiary/aromatic N) is 1. The molecule has 1 aliphatic rings. The van der Waals surface area contributed by atoms with E-state index in [0.717, 1.165) is 24.2 Å². The molecule has 2 aromatic rings. The van der Waals surface area contributed by atoms with Crippen molar-refractivity contribution in [1.29, 1.82) is 0 Å². The van der Waals surface area contributed by atoms with E-state index in [-0.39, 0.29) is 11.2 Å². The molecule has 0 spiro atoms. The largest absolute Gasteiger partial charge is 0.341 e. The molecule has 0 aliphatic heterocycles. The number of aromatic amines is 1. The molecule has 2 nitrogen and oxygen atoms in total. The Kier molecular flexibility index (Phi) is 2.03. The zero-order valence-corrected chi connectivity index (χ0v) is 9.39. The summed E-state index contributed by atoms with van der Waals surface area (Å²) in [5, 5.41) is 0. The molecule has 1 fully saturated rings. The van der Waals surface area contributed by atoms with Gasteiger partial charge >= 0.3 is 0 Å². The van der Waals surface area contributed by atoms with Crippen molar-refractivity contribution in [3.8, 4) is 0 Å². The van der Waals surface area contributed by atoms with Gasteiger partial charge in [0.1, 0.15) is 11.3 Å². The number of rotatable bonds is 1. The Hall–Kier alpha value is -1.38. The van der Waals surface area contributed by atoms with Crippen molar-refractivity contribution < 1.29 is 4.39 Å². The van der Waals surface area contributed by atoms with E-state index in [9.17, 15) is 4.39 Å². The summed E-state index contributed by atoms with van der Waals surface area (Å²) in [4.78, 5) is 7.70. The summed E-state index contributed by atoms with van der Waals surface area (Å²) >= 11 is 0. The molecular weight excluding hydrogens is 203 g/mol. The Morgan fingerprint density at radius 2 is 2.06 bits per heavy atom. The quantitative estimate of drug-likeness (QED) is 0.779. The number of fused-ring (bicyclic) bond motifs is 1. The molecule has 84 valence electrons. The Morgan fingerprint density at radius 3 is 2.75 bits per heavy atom. The van der Waals surface area contributed by atoms with Crippen molar-refractivity contribution in [1.82, 2.24) is 9.97 Å². The van der Waals surface area contributed by atoms with Crippen LogP contribution in [0.3, 0.4) is 0 Å². The molecule has 3 rings (SSSR count). The molecule has 1 aromatic heterocycles. The van der Waals surface area contributed by atoms with Crippen LogP contribution in [0.1, 0.15) is 38.4 Å². The summed E-state index contributed by atoms with van der Waals surface area (Å²) in [5.41, 5.74) is 1.40. The van der Waals surface area contributed by atoms with Gasteiger partial charge in [0, 0.05) is 5.41 Å². The van der Waals surface area contributed by atoms with Gasteiger partial charge in [-0.3, -0.25) is 0 Å². The lowest BCUT2D eigenvalue weighted by atomic mass is 9.88. The molecule has 1 aliphatic carbocycles. The van der Waals surface area contributed by atoms with Gasteiger partial charge in [0.25, 0.3) is 0 Å². The molecule has 0 radical (unpaired) electrons. The molecule has 0 atom stereocenters. The summed E-state index contributed by atoms with van der Waals surface area (Å²) in [5.74, 6) is 0.715.